The molecule has 2 heterocycles. The Kier molecular flexibility index (Phi) is 7.14. The van der Waals surface area contributed by atoms with Crippen molar-refractivity contribution in [3.8, 4) is 67.3 Å². The normalized spacial score (nSPS) is 11.3. The Bertz CT molecular complexity index is 2500. The van der Waals surface area contributed by atoms with E-state index in [4.69, 9.17) is 14.4 Å². The molecule has 0 aliphatic rings. The number of benzene rings is 7. The molecule has 0 bridgehead atoms. The molecule has 0 aliphatic heterocycles. The van der Waals surface area contributed by atoms with Gasteiger partial charge < -0.3 is 4.42 Å². The molecule has 9 rings (SSSR count). The molecule has 230 valence electrons. The molecule has 0 aliphatic carbocycles. The van der Waals surface area contributed by atoms with Gasteiger partial charge in [-0.1, -0.05) is 164 Å². The van der Waals surface area contributed by atoms with Gasteiger partial charge in [-0.05, 0) is 46.0 Å². The third-order valence-electron chi connectivity index (χ3n) is 9.14. The van der Waals surface area contributed by atoms with Crippen molar-refractivity contribution in [1.29, 1.82) is 0 Å². The first kappa shape index (κ1) is 28.6. The third kappa shape index (κ3) is 5.48. The van der Waals surface area contributed by atoms with Gasteiger partial charge in [0.25, 0.3) is 0 Å². The Morgan fingerprint density at radius 2 is 0.796 bits per heavy atom. The second-order valence-electron chi connectivity index (χ2n) is 12.2. The Labute approximate surface area is 284 Å². The number of aromatic nitrogens is 2. The number of fused-ring (bicyclic) bond motifs is 3. The average Bonchev–Trinajstić information content (AvgIpc) is 3.57. The van der Waals surface area contributed by atoms with Crippen LogP contribution in [0.1, 0.15) is 0 Å². The van der Waals surface area contributed by atoms with Crippen molar-refractivity contribution in [3.63, 3.8) is 0 Å². The van der Waals surface area contributed by atoms with Gasteiger partial charge in [0.2, 0.25) is 0 Å². The van der Waals surface area contributed by atoms with E-state index in [9.17, 15) is 0 Å². The summed E-state index contributed by atoms with van der Waals surface area (Å²) in [6, 6.07) is 63.2. The molecule has 0 amide bonds. The first-order valence-electron chi connectivity index (χ1n) is 16.5. The fourth-order valence-corrected chi connectivity index (χ4v) is 6.58. The first-order chi connectivity index (χ1) is 24.3. The zero-order valence-electron chi connectivity index (χ0n) is 26.6. The molecule has 9 aromatic rings. The van der Waals surface area contributed by atoms with E-state index in [0.29, 0.717) is 5.82 Å². The van der Waals surface area contributed by atoms with E-state index in [1.54, 1.807) is 0 Å². The smallest absolute Gasteiger partial charge is 0.160 e. The minimum atomic E-state index is 0.662. The van der Waals surface area contributed by atoms with Crippen LogP contribution in [0.4, 0.5) is 0 Å². The molecule has 49 heavy (non-hydrogen) atoms. The maximum absolute atomic E-state index is 6.64. The first-order valence-corrected chi connectivity index (χ1v) is 16.5. The van der Waals surface area contributed by atoms with Crippen LogP contribution in [0.2, 0.25) is 0 Å². The van der Waals surface area contributed by atoms with Crippen LogP contribution in [-0.2, 0) is 0 Å². The highest BCUT2D eigenvalue weighted by Gasteiger charge is 2.16. The molecule has 2 aromatic heterocycles. The molecule has 0 spiro atoms. The lowest BCUT2D eigenvalue weighted by Crippen LogP contribution is -1.95. The lowest BCUT2D eigenvalue weighted by Gasteiger charge is -2.09. The second kappa shape index (κ2) is 12.2. The van der Waals surface area contributed by atoms with Crippen LogP contribution < -0.4 is 0 Å². The van der Waals surface area contributed by atoms with Gasteiger partial charge >= 0.3 is 0 Å². The predicted octanol–water partition coefficient (Wildman–Crippen LogP) is 12.4. The van der Waals surface area contributed by atoms with Crippen LogP contribution in [-0.4, -0.2) is 9.97 Å². The molecule has 0 saturated heterocycles. The third-order valence-corrected chi connectivity index (χ3v) is 9.14. The molecule has 0 saturated carbocycles. The fourth-order valence-electron chi connectivity index (χ4n) is 6.58. The van der Waals surface area contributed by atoms with Gasteiger partial charge in [0.1, 0.15) is 11.2 Å². The van der Waals surface area contributed by atoms with E-state index < -0.39 is 0 Å². The van der Waals surface area contributed by atoms with Crippen LogP contribution in [0.3, 0.4) is 0 Å². The van der Waals surface area contributed by atoms with Gasteiger partial charge in [-0.25, -0.2) is 9.97 Å². The van der Waals surface area contributed by atoms with E-state index in [2.05, 4.69) is 140 Å². The Morgan fingerprint density at radius 3 is 1.35 bits per heavy atom. The SMILES string of the molecule is c1ccc(-c2ccc(-c3ccc(-c4cccc5c4oc4cc(-c6nc(-c7ccccc7)cc(-c7ccccc7)n6)ccc45)cc3)cc2)cc1. The van der Waals surface area contributed by atoms with Crippen molar-refractivity contribution in [1.82, 2.24) is 9.97 Å². The maximum Gasteiger partial charge on any atom is 0.160 e. The van der Waals surface area contributed by atoms with E-state index >= 15 is 0 Å². The molecule has 0 N–H and O–H groups in total. The van der Waals surface area contributed by atoms with E-state index in [1.807, 2.05) is 42.5 Å². The fraction of sp³-hybridized carbons (Fsp3) is 0. The van der Waals surface area contributed by atoms with Gasteiger partial charge in [0.05, 0.1) is 11.4 Å². The average molecular weight is 627 g/mol. The van der Waals surface area contributed by atoms with Crippen molar-refractivity contribution in [2.24, 2.45) is 0 Å². The summed E-state index contributed by atoms with van der Waals surface area (Å²) in [6.07, 6.45) is 0. The lowest BCUT2D eigenvalue weighted by molar-refractivity contribution is 0.670. The Morgan fingerprint density at radius 1 is 0.327 bits per heavy atom. The summed E-state index contributed by atoms with van der Waals surface area (Å²) in [5.41, 5.74) is 13.4. The summed E-state index contributed by atoms with van der Waals surface area (Å²) in [6.45, 7) is 0. The minimum absolute atomic E-state index is 0.662. The summed E-state index contributed by atoms with van der Waals surface area (Å²) in [4.78, 5) is 10.1. The second-order valence-corrected chi connectivity index (χ2v) is 12.2. The highest BCUT2D eigenvalue weighted by atomic mass is 16.3. The van der Waals surface area contributed by atoms with Gasteiger partial charge in [-0.2, -0.15) is 0 Å². The Balaban J connectivity index is 1.08. The summed E-state index contributed by atoms with van der Waals surface area (Å²) in [5.74, 6) is 0.662. The van der Waals surface area contributed by atoms with Crippen molar-refractivity contribution in [3.05, 3.63) is 182 Å². The monoisotopic (exact) mass is 626 g/mol. The summed E-state index contributed by atoms with van der Waals surface area (Å²) < 4.78 is 6.64. The highest BCUT2D eigenvalue weighted by molar-refractivity contribution is 6.10. The van der Waals surface area contributed by atoms with Crippen LogP contribution in [0.15, 0.2) is 186 Å². The zero-order chi connectivity index (χ0) is 32.6. The van der Waals surface area contributed by atoms with E-state index in [1.165, 1.54) is 22.3 Å². The number of rotatable bonds is 6. The number of nitrogens with zero attached hydrogens (tertiary/aromatic N) is 2. The van der Waals surface area contributed by atoms with Gasteiger partial charge in [-0.3, -0.25) is 0 Å². The lowest BCUT2D eigenvalue weighted by atomic mass is 9.97. The van der Waals surface area contributed by atoms with Crippen LogP contribution in [0, 0.1) is 0 Å². The van der Waals surface area contributed by atoms with E-state index in [-0.39, 0.29) is 0 Å². The highest BCUT2D eigenvalue weighted by Crippen LogP contribution is 2.38. The summed E-state index contributed by atoms with van der Waals surface area (Å²) in [7, 11) is 0. The van der Waals surface area contributed by atoms with Crippen LogP contribution in [0.5, 0.6) is 0 Å². The van der Waals surface area contributed by atoms with Crippen LogP contribution in [0.25, 0.3) is 89.2 Å². The quantitative estimate of drug-likeness (QED) is 0.184. The van der Waals surface area contributed by atoms with E-state index in [0.717, 1.165) is 61.1 Å². The zero-order valence-corrected chi connectivity index (χ0v) is 26.6. The van der Waals surface area contributed by atoms with Crippen LogP contribution >= 0.6 is 0 Å². The summed E-state index contributed by atoms with van der Waals surface area (Å²) >= 11 is 0. The molecule has 3 heteroatoms. The van der Waals surface area contributed by atoms with Crippen molar-refractivity contribution >= 4 is 21.9 Å². The predicted molar refractivity (Wildman–Crippen MR) is 202 cm³/mol. The molecule has 7 aromatic carbocycles. The molecule has 3 nitrogen and oxygen atoms in total. The Hall–Kier alpha value is -6.58. The molecule has 0 unspecified atom stereocenters. The number of hydrogen-bond donors (Lipinski definition) is 0. The number of para-hydroxylation sites is 1. The standard InChI is InChI=1S/C46H30N2O/c1-4-11-31(12-5-1)32-19-21-33(22-20-32)34-23-25-35(26-24-34)39-17-10-18-41-40-28-27-38(29-44(40)49-45(39)41)46-47-42(36-13-6-2-7-14-36)30-43(48-46)37-15-8-3-9-16-37/h1-30H. The largest absolute Gasteiger partial charge is 0.455 e. The minimum Gasteiger partial charge on any atom is -0.455 e. The van der Waals surface area contributed by atoms with Crippen molar-refractivity contribution in [2.75, 3.05) is 0 Å². The molecule has 0 atom stereocenters. The molecular weight excluding hydrogens is 597 g/mol. The van der Waals surface area contributed by atoms with Gasteiger partial charge in [0, 0.05) is 33.0 Å². The van der Waals surface area contributed by atoms with Crippen molar-refractivity contribution in [2.45, 2.75) is 0 Å². The maximum atomic E-state index is 6.64. The molecule has 0 fully saturated rings. The number of furan rings is 1. The summed E-state index contributed by atoms with van der Waals surface area (Å²) in [5, 5.41) is 2.15. The number of hydrogen-bond acceptors (Lipinski definition) is 3. The van der Waals surface area contributed by atoms with Gasteiger partial charge in [-0.15, -0.1) is 0 Å². The topological polar surface area (TPSA) is 38.9 Å². The molecule has 0 radical (unpaired) electrons. The van der Waals surface area contributed by atoms with Gasteiger partial charge in [0.15, 0.2) is 5.82 Å². The molecular formula is C46H30N2O. The van der Waals surface area contributed by atoms with Crippen molar-refractivity contribution < 1.29 is 4.42 Å².